The number of nitrogens with two attached hydrogens (primary N) is 1. The van der Waals surface area contributed by atoms with E-state index in [1.54, 1.807) is 12.3 Å². The molecule has 4 rings (SSSR count). The lowest BCUT2D eigenvalue weighted by atomic mass is 10.1. The van der Waals surface area contributed by atoms with Crippen molar-refractivity contribution in [1.29, 1.82) is 5.53 Å². The molecule has 1 fully saturated rings. The van der Waals surface area contributed by atoms with Crippen LogP contribution in [0.3, 0.4) is 0 Å². The van der Waals surface area contributed by atoms with Crippen LogP contribution >= 0.6 is 0 Å². The summed E-state index contributed by atoms with van der Waals surface area (Å²) in [6.45, 7) is 4.11. The van der Waals surface area contributed by atoms with Crippen molar-refractivity contribution in [3.05, 3.63) is 76.5 Å². The van der Waals surface area contributed by atoms with Crippen LogP contribution in [-0.2, 0) is 0 Å². The Hall–Kier alpha value is -3.36. The summed E-state index contributed by atoms with van der Waals surface area (Å²) in [5.74, 6) is -0.388. The molecule has 154 valence electrons. The van der Waals surface area contributed by atoms with Gasteiger partial charge in [0.25, 0.3) is 5.56 Å². The number of aromatic nitrogens is 1. The summed E-state index contributed by atoms with van der Waals surface area (Å²) >= 11 is 0. The van der Waals surface area contributed by atoms with Crippen molar-refractivity contribution in [3.8, 4) is 0 Å². The first-order chi connectivity index (χ1) is 14.5. The Balaban J connectivity index is 1.53. The number of halogens is 1. The van der Waals surface area contributed by atoms with Crippen molar-refractivity contribution < 1.29 is 9.71 Å². The molecule has 1 saturated heterocycles. The van der Waals surface area contributed by atoms with E-state index in [1.807, 2.05) is 17.4 Å². The molecule has 4 N–H and O–H groups in total. The van der Waals surface area contributed by atoms with Crippen LogP contribution in [0.4, 0.5) is 15.8 Å². The Kier molecular flexibility index (Phi) is 5.69. The molecule has 0 spiro atoms. The van der Waals surface area contributed by atoms with Crippen molar-refractivity contribution in [2.45, 2.75) is 0 Å². The van der Waals surface area contributed by atoms with Crippen LogP contribution in [0.1, 0.15) is 5.56 Å². The van der Waals surface area contributed by atoms with Crippen LogP contribution in [0.2, 0.25) is 0 Å². The van der Waals surface area contributed by atoms with Crippen LogP contribution in [0, 0.1) is 11.3 Å². The topological polar surface area (TPSA) is 92.2 Å². The summed E-state index contributed by atoms with van der Waals surface area (Å²) in [4.78, 5) is 19.8. The molecule has 7 nitrogen and oxygen atoms in total. The lowest BCUT2D eigenvalue weighted by molar-refractivity contribution is -0.495. The lowest BCUT2D eigenvalue weighted by Crippen LogP contribution is -2.71. The summed E-state index contributed by atoms with van der Waals surface area (Å²) in [6, 6.07) is 13.9. The van der Waals surface area contributed by atoms with Gasteiger partial charge in [-0.1, -0.05) is 0 Å². The molecule has 2 heterocycles. The Morgan fingerprint density at radius 3 is 2.57 bits per heavy atom. The molecule has 1 aromatic heterocycles. The highest BCUT2D eigenvalue weighted by molar-refractivity contribution is 5.82. The predicted molar refractivity (Wildman–Crippen MR) is 115 cm³/mol. The number of nitrogens with one attached hydrogen (secondary N) is 2. The molecule has 0 unspecified atom stereocenters. The number of benzene rings is 2. The van der Waals surface area contributed by atoms with Crippen molar-refractivity contribution >= 4 is 28.0 Å². The lowest BCUT2D eigenvalue weighted by Gasteiger charge is -2.34. The smallest absolute Gasteiger partial charge is 0.258 e. The Labute approximate surface area is 173 Å². The number of hydrogen-bond donors (Lipinski definition) is 3. The Bertz CT molecular complexity index is 1150. The van der Waals surface area contributed by atoms with E-state index in [0.29, 0.717) is 10.9 Å². The third-order valence-corrected chi connectivity index (χ3v) is 5.40. The number of anilines is 1. The number of pyridine rings is 1. The van der Waals surface area contributed by atoms with Gasteiger partial charge in [0.05, 0.1) is 5.56 Å². The average molecular weight is 407 g/mol. The molecule has 1 aliphatic heterocycles. The van der Waals surface area contributed by atoms with E-state index in [-0.39, 0.29) is 22.6 Å². The van der Waals surface area contributed by atoms with Crippen molar-refractivity contribution in [3.63, 3.8) is 0 Å². The highest BCUT2D eigenvalue weighted by Gasteiger charge is 2.14. The van der Waals surface area contributed by atoms with E-state index < -0.39 is 0 Å². The second-order valence-electron chi connectivity index (χ2n) is 7.46. The van der Waals surface area contributed by atoms with Gasteiger partial charge in [-0.15, -0.1) is 0 Å². The fourth-order valence-electron chi connectivity index (χ4n) is 3.59. The van der Waals surface area contributed by atoms with Crippen LogP contribution < -0.4 is 15.8 Å². The van der Waals surface area contributed by atoms with Gasteiger partial charge >= 0.3 is 0 Å². The fourth-order valence-corrected chi connectivity index (χ4v) is 3.59. The second kappa shape index (κ2) is 8.56. The van der Waals surface area contributed by atoms with Gasteiger partial charge in [0.2, 0.25) is 0 Å². The maximum absolute atomic E-state index is 13.5. The molecule has 0 radical (unpaired) electrons. The van der Waals surface area contributed by atoms with Gasteiger partial charge in [-0.25, -0.2) is 9.92 Å². The van der Waals surface area contributed by atoms with E-state index in [4.69, 9.17) is 5.53 Å². The zero-order valence-electron chi connectivity index (χ0n) is 16.7. The van der Waals surface area contributed by atoms with E-state index in [0.717, 1.165) is 31.9 Å². The SMILES string of the molecule is CN1CCN(c2ccc([NH2+]C=C(N=N)c3cc4cc(F)ccc4[nH]c3=O)cc2)CC1. The molecule has 0 amide bonds. The van der Waals surface area contributed by atoms with Gasteiger partial charge in [0.1, 0.15) is 17.7 Å². The van der Waals surface area contributed by atoms with Crippen molar-refractivity contribution in [2.75, 3.05) is 38.1 Å². The number of likely N-dealkylation sites (N-methyl/N-ethyl adjacent to an activating group) is 1. The van der Waals surface area contributed by atoms with Gasteiger partial charge in [-0.05, 0) is 43.4 Å². The number of nitrogens with zero attached hydrogens (tertiary/aromatic N) is 3. The number of fused-ring (bicyclic) bond motifs is 1. The summed E-state index contributed by atoms with van der Waals surface area (Å²) in [5, 5.41) is 5.88. The third-order valence-electron chi connectivity index (χ3n) is 5.40. The van der Waals surface area contributed by atoms with Crippen molar-refractivity contribution in [2.24, 2.45) is 5.11 Å². The third kappa shape index (κ3) is 4.29. The first-order valence-corrected chi connectivity index (χ1v) is 9.82. The first kappa shape index (κ1) is 19.9. The number of H-pyrrole nitrogens is 1. The van der Waals surface area contributed by atoms with Gasteiger partial charge in [-0.3, -0.25) is 10.1 Å². The summed E-state index contributed by atoms with van der Waals surface area (Å²) < 4.78 is 13.5. The van der Waals surface area contributed by atoms with Crippen LogP contribution in [0.15, 0.2) is 64.6 Å². The largest absolute Gasteiger partial charge is 0.369 e. The molecule has 30 heavy (non-hydrogen) atoms. The number of hydrogen-bond acceptors (Lipinski definition) is 5. The summed E-state index contributed by atoms with van der Waals surface area (Å²) in [5.41, 5.74) is 10.2. The number of rotatable bonds is 5. The molecule has 8 heteroatoms. The quantitative estimate of drug-likeness (QED) is 0.448. The molecule has 2 aromatic carbocycles. The van der Waals surface area contributed by atoms with E-state index in [2.05, 4.69) is 39.1 Å². The zero-order chi connectivity index (χ0) is 21.1. The maximum atomic E-state index is 13.5. The van der Waals surface area contributed by atoms with Crippen LogP contribution in [-0.4, -0.2) is 43.1 Å². The summed E-state index contributed by atoms with van der Waals surface area (Å²) in [7, 11) is 2.13. The number of piperazine rings is 1. The van der Waals surface area contributed by atoms with Gasteiger partial charge in [-0.2, -0.15) is 5.11 Å². The monoisotopic (exact) mass is 407 g/mol. The molecule has 0 atom stereocenters. The molecule has 0 bridgehead atoms. The minimum atomic E-state index is -0.388. The van der Waals surface area contributed by atoms with Gasteiger partial charge < -0.3 is 14.8 Å². The second-order valence-corrected chi connectivity index (χ2v) is 7.46. The Morgan fingerprint density at radius 1 is 1.13 bits per heavy atom. The molecule has 0 saturated carbocycles. The van der Waals surface area contributed by atoms with E-state index in [1.165, 1.54) is 23.9 Å². The van der Waals surface area contributed by atoms with Crippen LogP contribution in [0.25, 0.3) is 16.6 Å². The minimum absolute atomic E-state index is 0.213. The number of aromatic amines is 1. The van der Waals surface area contributed by atoms with E-state index in [9.17, 15) is 9.18 Å². The van der Waals surface area contributed by atoms with Gasteiger partial charge in [0.15, 0.2) is 5.70 Å². The predicted octanol–water partition coefficient (Wildman–Crippen LogP) is 2.64. The highest BCUT2D eigenvalue weighted by Crippen LogP contribution is 2.19. The van der Waals surface area contributed by atoms with E-state index >= 15 is 0 Å². The maximum Gasteiger partial charge on any atom is 0.258 e. The standard InChI is InChI=1S/C22H23FN6O/c1-28-8-10-29(11-9-28)18-5-3-17(4-6-18)25-14-21(27-24)19-13-15-12-16(23)2-7-20(15)26-22(19)30/h2-7,12-14,24-25H,8-11H2,1H3,(H,26,30)/p+1. The van der Waals surface area contributed by atoms with Gasteiger partial charge in [0, 0.05) is 54.9 Å². The van der Waals surface area contributed by atoms with Crippen LogP contribution in [0.5, 0.6) is 0 Å². The first-order valence-electron chi connectivity index (χ1n) is 9.82. The average Bonchev–Trinajstić information content (AvgIpc) is 2.76. The molecule has 0 aliphatic carbocycles. The highest BCUT2D eigenvalue weighted by atomic mass is 19.1. The van der Waals surface area contributed by atoms with Crippen molar-refractivity contribution in [1.82, 2.24) is 9.88 Å². The minimum Gasteiger partial charge on any atom is -0.369 e. The molecular formula is C22H24FN6O+. The molecular weight excluding hydrogens is 383 g/mol. The number of quaternary nitrogens is 1. The normalized spacial score (nSPS) is 15.5. The zero-order valence-corrected chi connectivity index (χ0v) is 16.7. The fraction of sp³-hybridized carbons (Fsp3) is 0.227. The molecule has 1 aliphatic rings. The molecule has 3 aromatic rings. The summed E-state index contributed by atoms with van der Waals surface area (Å²) in [6.07, 6.45) is 1.63. The Morgan fingerprint density at radius 2 is 1.87 bits per heavy atom.